The summed E-state index contributed by atoms with van der Waals surface area (Å²) in [6.45, 7) is 2.89. The van der Waals surface area contributed by atoms with Crippen LogP contribution in [0.1, 0.15) is 25.3 Å². The zero-order valence-electron chi connectivity index (χ0n) is 14.7. The third-order valence-electron chi connectivity index (χ3n) is 4.36. The van der Waals surface area contributed by atoms with Crippen molar-refractivity contribution in [2.24, 2.45) is 0 Å². The first-order chi connectivity index (χ1) is 12.5. The van der Waals surface area contributed by atoms with Crippen LogP contribution in [-0.4, -0.2) is 31.7 Å². The average molecular weight is 370 g/mol. The van der Waals surface area contributed by atoms with Crippen LogP contribution in [0.15, 0.2) is 65.1 Å². The number of carbonyl (C=O) groups is 1. The van der Waals surface area contributed by atoms with Crippen molar-refractivity contribution in [1.29, 1.82) is 0 Å². The standard InChI is InChI=1S/C20H22N2O3S/c1-16(15-17-7-3-2-4-8-17)20(23)21-18-9-11-19(12-10-18)26(24,25)22-13-5-6-14-22/h2-4,7-12,15H,5-6,13-14H2,1H3,(H,21,23). The van der Waals surface area contributed by atoms with Gasteiger partial charge in [0.15, 0.2) is 0 Å². The quantitative estimate of drug-likeness (QED) is 0.819. The molecule has 0 saturated carbocycles. The lowest BCUT2D eigenvalue weighted by Crippen LogP contribution is -2.27. The lowest BCUT2D eigenvalue weighted by molar-refractivity contribution is -0.112. The Bertz CT molecular complexity index is 898. The molecule has 5 nitrogen and oxygen atoms in total. The number of amides is 1. The molecule has 0 spiro atoms. The Balaban J connectivity index is 1.69. The van der Waals surface area contributed by atoms with E-state index in [0.29, 0.717) is 24.4 Å². The highest BCUT2D eigenvalue weighted by Gasteiger charge is 2.26. The first kappa shape index (κ1) is 18.4. The maximum Gasteiger partial charge on any atom is 0.251 e. The minimum Gasteiger partial charge on any atom is -0.322 e. The van der Waals surface area contributed by atoms with Gasteiger partial charge in [0.25, 0.3) is 5.91 Å². The molecule has 3 rings (SSSR count). The number of carbonyl (C=O) groups excluding carboxylic acids is 1. The monoisotopic (exact) mass is 370 g/mol. The number of anilines is 1. The van der Waals surface area contributed by atoms with Gasteiger partial charge in [0.2, 0.25) is 10.0 Å². The summed E-state index contributed by atoms with van der Waals surface area (Å²) in [5.74, 6) is -0.219. The smallest absolute Gasteiger partial charge is 0.251 e. The molecular formula is C20H22N2O3S. The molecule has 2 aromatic carbocycles. The highest BCUT2D eigenvalue weighted by Crippen LogP contribution is 2.22. The molecule has 0 aliphatic carbocycles. The van der Waals surface area contributed by atoms with Crippen LogP contribution >= 0.6 is 0 Å². The van der Waals surface area contributed by atoms with Crippen LogP contribution in [0.3, 0.4) is 0 Å². The minimum absolute atomic E-state index is 0.219. The molecule has 1 N–H and O–H groups in total. The molecule has 0 atom stereocenters. The van der Waals surface area contributed by atoms with Gasteiger partial charge in [-0.2, -0.15) is 4.31 Å². The molecule has 0 aromatic heterocycles. The predicted octanol–water partition coefficient (Wildman–Crippen LogP) is 3.51. The number of sulfonamides is 1. The minimum atomic E-state index is -3.43. The molecule has 0 radical (unpaired) electrons. The van der Waals surface area contributed by atoms with Crippen molar-refractivity contribution in [3.63, 3.8) is 0 Å². The summed E-state index contributed by atoms with van der Waals surface area (Å²) < 4.78 is 26.5. The van der Waals surface area contributed by atoms with Crippen molar-refractivity contribution >= 4 is 27.7 Å². The fraction of sp³-hybridized carbons (Fsp3) is 0.250. The van der Waals surface area contributed by atoms with Crippen LogP contribution in [0, 0.1) is 0 Å². The van der Waals surface area contributed by atoms with E-state index in [1.165, 1.54) is 4.31 Å². The molecule has 2 aromatic rings. The van der Waals surface area contributed by atoms with E-state index in [-0.39, 0.29) is 10.8 Å². The van der Waals surface area contributed by atoms with Crippen molar-refractivity contribution in [3.05, 3.63) is 65.7 Å². The van der Waals surface area contributed by atoms with Crippen molar-refractivity contribution in [3.8, 4) is 0 Å². The fourth-order valence-electron chi connectivity index (χ4n) is 2.88. The molecule has 136 valence electrons. The summed E-state index contributed by atoms with van der Waals surface area (Å²) >= 11 is 0. The third-order valence-corrected chi connectivity index (χ3v) is 6.27. The van der Waals surface area contributed by atoms with Crippen molar-refractivity contribution in [1.82, 2.24) is 4.31 Å². The van der Waals surface area contributed by atoms with Gasteiger partial charge in [0, 0.05) is 24.4 Å². The van der Waals surface area contributed by atoms with Gasteiger partial charge in [0.1, 0.15) is 0 Å². The van der Waals surface area contributed by atoms with Gasteiger partial charge in [-0.05, 0) is 55.7 Å². The van der Waals surface area contributed by atoms with E-state index in [4.69, 9.17) is 0 Å². The molecule has 1 aliphatic rings. The summed E-state index contributed by atoms with van der Waals surface area (Å²) in [6, 6.07) is 15.9. The fourth-order valence-corrected chi connectivity index (χ4v) is 4.40. The van der Waals surface area contributed by atoms with Gasteiger partial charge in [-0.15, -0.1) is 0 Å². The lowest BCUT2D eigenvalue weighted by atomic mass is 10.1. The molecule has 0 bridgehead atoms. The Morgan fingerprint density at radius 3 is 2.23 bits per heavy atom. The second kappa shape index (κ2) is 7.85. The molecule has 0 unspecified atom stereocenters. The summed E-state index contributed by atoms with van der Waals surface area (Å²) in [7, 11) is -3.43. The first-order valence-electron chi connectivity index (χ1n) is 8.62. The number of hydrogen-bond donors (Lipinski definition) is 1. The van der Waals surface area contributed by atoms with Crippen LogP contribution < -0.4 is 5.32 Å². The third kappa shape index (κ3) is 4.20. The van der Waals surface area contributed by atoms with Crippen LogP contribution in [0.5, 0.6) is 0 Å². The number of hydrogen-bond acceptors (Lipinski definition) is 3. The van der Waals surface area contributed by atoms with E-state index in [2.05, 4.69) is 5.32 Å². The number of nitrogens with one attached hydrogen (secondary N) is 1. The van der Waals surface area contributed by atoms with E-state index < -0.39 is 10.0 Å². The largest absolute Gasteiger partial charge is 0.322 e. The summed E-state index contributed by atoms with van der Waals surface area (Å²) in [5.41, 5.74) is 2.09. The van der Waals surface area contributed by atoms with Crippen LogP contribution in [0.25, 0.3) is 6.08 Å². The van der Waals surface area contributed by atoms with E-state index in [0.717, 1.165) is 18.4 Å². The van der Waals surface area contributed by atoms with Gasteiger partial charge in [-0.3, -0.25) is 4.79 Å². The van der Waals surface area contributed by atoms with Gasteiger partial charge < -0.3 is 5.32 Å². The summed E-state index contributed by atoms with van der Waals surface area (Å²) in [6.07, 6.45) is 3.61. The van der Waals surface area contributed by atoms with Crippen molar-refractivity contribution in [2.75, 3.05) is 18.4 Å². The predicted molar refractivity (Wildman–Crippen MR) is 103 cm³/mol. The Hall–Kier alpha value is -2.44. The number of rotatable bonds is 5. The first-order valence-corrected chi connectivity index (χ1v) is 10.1. The highest BCUT2D eigenvalue weighted by atomic mass is 32.2. The zero-order chi connectivity index (χ0) is 18.6. The Kier molecular flexibility index (Phi) is 5.54. The Labute approximate surface area is 154 Å². The topological polar surface area (TPSA) is 66.5 Å². The van der Waals surface area contributed by atoms with E-state index in [1.54, 1.807) is 31.2 Å². The van der Waals surface area contributed by atoms with Crippen molar-refractivity contribution in [2.45, 2.75) is 24.7 Å². The normalized spacial score (nSPS) is 15.8. The zero-order valence-corrected chi connectivity index (χ0v) is 15.5. The van der Waals surface area contributed by atoms with Crippen molar-refractivity contribution < 1.29 is 13.2 Å². The highest BCUT2D eigenvalue weighted by molar-refractivity contribution is 7.89. The molecule has 1 heterocycles. The maximum absolute atomic E-state index is 12.5. The summed E-state index contributed by atoms with van der Waals surface area (Å²) in [4.78, 5) is 12.6. The SMILES string of the molecule is CC(=Cc1ccccc1)C(=O)Nc1ccc(S(=O)(=O)N2CCCC2)cc1. The lowest BCUT2D eigenvalue weighted by Gasteiger charge is -2.15. The average Bonchev–Trinajstić information content (AvgIpc) is 3.18. The number of nitrogens with zero attached hydrogens (tertiary/aromatic N) is 1. The molecule has 1 saturated heterocycles. The van der Waals surface area contributed by atoms with Gasteiger partial charge >= 0.3 is 0 Å². The Morgan fingerprint density at radius 2 is 1.62 bits per heavy atom. The molecule has 6 heteroatoms. The van der Waals surface area contributed by atoms with E-state index >= 15 is 0 Å². The molecule has 26 heavy (non-hydrogen) atoms. The van der Waals surface area contributed by atoms with Crippen LogP contribution in [0.4, 0.5) is 5.69 Å². The van der Waals surface area contributed by atoms with Gasteiger partial charge in [0.05, 0.1) is 4.90 Å². The Morgan fingerprint density at radius 1 is 1.00 bits per heavy atom. The number of benzene rings is 2. The summed E-state index contributed by atoms with van der Waals surface area (Å²) in [5, 5.41) is 2.79. The van der Waals surface area contributed by atoms with E-state index in [1.807, 2.05) is 36.4 Å². The van der Waals surface area contributed by atoms with Crippen LogP contribution in [0.2, 0.25) is 0 Å². The van der Waals surface area contributed by atoms with Gasteiger partial charge in [-0.25, -0.2) is 8.42 Å². The molecule has 1 fully saturated rings. The van der Waals surface area contributed by atoms with Crippen LogP contribution in [-0.2, 0) is 14.8 Å². The molecule has 1 aliphatic heterocycles. The van der Waals surface area contributed by atoms with Gasteiger partial charge in [-0.1, -0.05) is 30.3 Å². The second-order valence-electron chi connectivity index (χ2n) is 6.33. The van der Waals surface area contributed by atoms with E-state index in [9.17, 15) is 13.2 Å². The maximum atomic E-state index is 12.5. The molecular weight excluding hydrogens is 348 g/mol. The second-order valence-corrected chi connectivity index (χ2v) is 8.27. The molecule has 1 amide bonds.